The molecular weight excluding hydrogens is 376 g/mol. The number of carbonyl (C=O) groups is 1. The molecule has 0 spiro atoms. The molecule has 1 heterocycles. The van der Waals surface area contributed by atoms with Gasteiger partial charge in [-0.2, -0.15) is 0 Å². The number of rotatable bonds is 19. The fourth-order valence-corrected chi connectivity index (χ4v) is 3.48. The summed E-state index contributed by atoms with van der Waals surface area (Å²) in [7, 11) is 0. The first-order chi connectivity index (χ1) is 14.1. The van der Waals surface area contributed by atoms with Crippen molar-refractivity contribution in [1.82, 2.24) is 0 Å². The molecule has 0 aromatic carbocycles. The van der Waals surface area contributed by atoms with Crippen molar-refractivity contribution >= 4 is 5.97 Å². The summed E-state index contributed by atoms with van der Waals surface area (Å²) in [5.41, 5.74) is 0. The van der Waals surface area contributed by atoms with E-state index in [1.165, 1.54) is 57.8 Å². The molecule has 4 N–H and O–H groups in total. The summed E-state index contributed by atoms with van der Waals surface area (Å²) in [6, 6.07) is 0. The molecule has 0 bridgehead atoms. The predicted octanol–water partition coefficient (Wildman–Crippen LogP) is 3.50. The van der Waals surface area contributed by atoms with Crippen LogP contribution >= 0.6 is 0 Å². The fourth-order valence-electron chi connectivity index (χ4n) is 3.48. The minimum absolute atomic E-state index is 0.0788. The number of ether oxygens (including phenoxy) is 2. The van der Waals surface area contributed by atoms with E-state index in [9.17, 15) is 15.0 Å². The lowest BCUT2D eigenvalue weighted by atomic mass is 10.0. The lowest BCUT2D eigenvalue weighted by molar-refractivity contribution is -0.148. The Morgan fingerprint density at radius 2 is 1.24 bits per heavy atom. The monoisotopic (exact) mass is 416 g/mol. The van der Waals surface area contributed by atoms with Crippen molar-refractivity contribution in [3.63, 3.8) is 0 Å². The first-order valence-corrected chi connectivity index (χ1v) is 11.3. The second kappa shape index (κ2) is 16.5. The summed E-state index contributed by atoms with van der Waals surface area (Å²) < 4.78 is 10.2. The number of unbranched alkanes of at least 4 members (excludes halogenated alkanes) is 13. The zero-order valence-electron chi connectivity index (χ0n) is 17.7. The van der Waals surface area contributed by atoms with Crippen LogP contribution in [0.1, 0.15) is 89.9 Å². The largest absolute Gasteiger partial charge is 0.499 e. The third-order valence-corrected chi connectivity index (χ3v) is 5.27. The molecule has 7 nitrogen and oxygen atoms in total. The zero-order chi connectivity index (χ0) is 21.3. The minimum Gasteiger partial charge on any atom is -0.499 e. The van der Waals surface area contributed by atoms with Crippen LogP contribution in [-0.4, -0.2) is 58.4 Å². The van der Waals surface area contributed by atoms with E-state index in [1.54, 1.807) is 0 Å². The Balaban J connectivity index is 1.93. The van der Waals surface area contributed by atoms with Gasteiger partial charge in [0.1, 0.15) is 6.10 Å². The van der Waals surface area contributed by atoms with E-state index >= 15 is 0 Å². The Kier molecular flexibility index (Phi) is 14.6. The lowest BCUT2D eigenvalue weighted by Crippen LogP contribution is -2.32. The quantitative estimate of drug-likeness (QED) is 0.188. The number of carbonyl (C=O) groups excluding carboxylic acids is 1. The molecule has 0 saturated carbocycles. The van der Waals surface area contributed by atoms with Gasteiger partial charge in [0.2, 0.25) is 5.76 Å². The molecule has 0 unspecified atom stereocenters. The van der Waals surface area contributed by atoms with Crippen LogP contribution in [0, 0.1) is 0 Å². The highest BCUT2D eigenvalue weighted by Crippen LogP contribution is 2.25. The standard InChI is InChI=1S/C22H40O7/c23-15-13-11-9-7-5-3-1-2-4-6-8-10-12-14-16-28-21-19(26)22(27)29-20(21)18(25)17-24/h18,20,23-26H,1-17H2/t18-,20+/m0/s1. The number of hydrogen-bond donors (Lipinski definition) is 4. The third-order valence-electron chi connectivity index (χ3n) is 5.27. The lowest BCUT2D eigenvalue weighted by Gasteiger charge is -2.18. The second-order valence-electron chi connectivity index (χ2n) is 7.81. The van der Waals surface area contributed by atoms with Crippen LogP contribution in [-0.2, 0) is 14.3 Å². The summed E-state index contributed by atoms with van der Waals surface area (Å²) in [4.78, 5) is 11.4. The van der Waals surface area contributed by atoms with Crippen molar-refractivity contribution in [3.8, 4) is 0 Å². The maximum Gasteiger partial charge on any atom is 0.378 e. The number of esters is 1. The highest BCUT2D eigenvalue weighted by molar-refractivity contribution is 5.89. The van der Waals surface area contributed by atoms with Crippen molar-refractivity contribution < 1.29 is 34.7 Å². The third kappa shape index (κ3) is 10.9. The molecule has 0 aliphatic carbocycles. The average Bonchev–Trinajstić information content (AvgIpc) is 3.01. The average molecular weight is 417 g/mol. The molecule has 2 atom stereocenters. The van der Waals surface area contributed by atoms with E-state index in [0.717, 1.165) is 32.1 Å². The van der Waals surface area contributed by atoms with Gasteiger partial charge in [-0.05, 0) is 12.8 Å². The first-order valence-electron chi connectivity index (χ1n) is 11.3. The van der Waals surface area contributed by atoms with Crippen molar-refractivity contribution in [2.75, 3.05) is 19.8 Å². The van der Waals surface area contributed by atoms with E-state index in [-0.39, 0.29) is 5.76 Å². The Labute approximate surface area is 174 Å². The highest BCUT2D eigenvalue weighted by atomic mass is 16.6. The molecule has 0 amide bonds. The summed E-state index contributed by atoms with van der Waals surface area (Å²) in [6.07, 6.45) is 14.1. The van der Waals surface area contributed by atoms with Gasteiger partial charge in [-0.25, -0.2) is 4.79 Å². The van der Waals surface area contributed by atoms with Crippen molar-refractivity contribution in [1.29, 1.82) is 0 Å². The molecule has 1 aliphatic rings. The molecule has 0 fully saturated rings. The van der Waals surface area contributed by atoms with E-state index in [2.05, 4.69) is 0 Å². The van der Waals surface area contributed by atoms with Crippen LogP contribution < -0.4 is 0 Å². The van der Waals surface area contributed by atoms with Gasteiger partial charge in [0.05, 0.1) is 13.2 Å². The SMILES string of the molecule is O=C1O[C@H]([C@@H](O)CO)C(OCCCCCCCCCCCCCCCCO)=C1O. The number of aliphatic hydroxyl groups excluding tert-OH is 4. The Bertz CT molecular complexity index is 464. The molecule has 0 radical (unpaired) electrons. The second-order valence-corrected chi connectivity index (χ2v) is 7.81. The number of hydrogen-bond acceptors (Lipinski definition) is 7. The summed E-state index contributed by atoms with van der Waals surface area (Å²) >= 11 is 0. The molecule has 0 saturated heterocycles. The molecule has 0 aromatic heterocycles. The summed E-state index contributed by atoms with van der Waals surface area (Å²) in [6.45, 7) is 0.0750. The molecule has 1 rings (SSSR count). The van der Waals surface area contributed by atoms with Crippen molar-refractivity contribution in [2.45, 2.75) is 102 Å². The molecular formula is C22H40O7. The normalized spacial score (nSPS) is 17.6. The Hall–Kier alpha value is -1.31. The van der Waals surface area contributed by atoms with Crippen LogP contribution in [0.15, 0.2) is 11.5 Å². The van der Waals surface area contributed by atoms with E-state index in [1.807, 2.05) is 0 Å². The van der Waals surface area contributed by atoms with E-state index < -0.39 is 30.5 Å². The van der Waals surface area contributed by atoms with Crippen LogP contribution in [0.2, 0.25) is 0 Å². The van der Waals surface area contributed by atoms with Crippen LogP contribution in [0.3, 0.4) is 0 Å². The zero-order valence-corrected chi connectivity index (χ0v) is 17.7. The maximum absolute atomic E-state index is 11.4. The van der Waals surface area contributed by atoms with Gasteiger partial charge in [-0.3, -0.25) is 0 Å². The first kappa shape index (κ1) is 25.7. The molecule has 170 valence electrons. The Morgan fingerprint density at radius 1 is 0.793 bits per heavy atom. The summed E-state index contributed by atoms with van der Waals surface area (Å²) in [5.74, 6) is -1.63. The molecule has 1 aliphatic heterocycles. The van der Waals surface area contributed by atoms with Gasteiger partial charge in [0, 0.05) is 6.61 Å². The van der Waals surface area contributed by atoms with Gasteiger partial charge < -0.3 is 29.9 Å². The molecule has 7 heteroatoms. The van der Waals surface area contributed by atoms with Gasteiger partial charge in [-0.1, -0.05) is 77.0 Å². The van der Waals surface area contributed by atoms with E-state index in [0.29, 0.717) is 13.2 Å². The molecule has 0 aromatic rings. The van der Waals surface area contributed by atoms with Gasteiger partial charge >= 0.3 is 5.97 Å². The van der Waals surface area contributed by atoms with Gasteiger partial charge in [0.25, 0.3) is 0 Å². The number of cyclic esters (lactones) is 1. The van der Waals surface area contributed by atoms with Crippen LogP contribution in [0.25, 0.3) is 0 Å². The predicted molar refractivity (Wildman–Crippen MR) is 110 cm³/mol. The van der Waals surface area contributed by atoms with Crippen molar-refractivity contribution in [2.24, 2.45) is 0 Å². The number of aliphatic hydroxyl groups is 4. The van der Waals surface area contributed by atoms with Crippen LogP contribution in [0.5, 0.6) is 0 Å². The molecule has 29 heavy (non-hydrogen) atoms. The maximum atomic E-state index is 11.4. The minimum atomic E-state index is -1.30. The van der Waals surface area contributed by atoms with Gasteiger partial charge in [0.15, 0.2) is 11.9 Å². The smallest absolute Gasteiger partial charge is 0.378 e. The van der Waals surface area contributed by atoms with Crippen molar-refractivity contribution in [3.05, 3.63) is 11.5 Å². The highest BCUT2D eigenvalue weighted by Gasteiger charge is 2.40. The van der Waals surface area contributed by atoms with E-state index in [4.69, 9.17) is 19.7 Å². The Morgan fingerprint density at radius 3 is 1.69 bits per heavy atom. The van der Waals surface area contributed by atoms with Gasteiger partial charge in [-0.15, -0.1) is 0 Å². The summed E-state index contributed by atoms with van der Waals surface area (Å²) in [5, 5.41) is 37.0. The van der Waals surface area contributed by atoms with Crippen LogP contribution in [0.4, 0.5) is 0 Å². The topological polar surface area (TPSA) is 116 Å². The fraction of sp³-hybridized carbons (Fsp3) is 0.864.